The second-order valence-corrected chi connectivity index (χ2v) is 2.28. The molecule has 64 valence electrons. The van der Waals surface area contributed by atoms with Crippen molar-refractivity contribution >= 4 is 12.1 Å². The van der Waals surface area contributed by atoms with Gasteiger partial charge in [0, 0.05) is 0 Å². The van der Waals surface area contributed by atoms with Crippen molar-refractivity contribution in [3.63, 3.8) is 0 Å². The van der Waals surface area contributed by atoms with Crippen molar-refractivity contribution in [2.75, 3.05) is 0 Å². The number of nitro groups is 1. The number of aryl methyl sites for hydroxylation is 1. The van der Waals surface area contributed by atoms with Crippen LogP contribution in [-0.4, -0.2) is 21.0 Å². The quantitative estimate of drug-likeness (QED) is 0.370. The first-order chi connectivity index (χ1) is 5.65. The van der Waals surface area contributed by atoms with Crippen molar-refractivity contribution in [1.82, 2.24) is 9.78 Å². The highest BCUT2D eigenvalue weighted by atomic mass is 16.6. The molecule has 0 saturated carbocycles. The van der Waals surface area contributed by atoms with Gasteiger partial charge in [-0.25, -0.2) is 0 Å². The Labute approximate surface area is 67.9 Å². The Morgan fingerprint density at radius 1 is 1.83 bits per heavy atom. The summed E-state index contributed by atoms with van der Waals surface area (Å²) in [5.74, 6) is -0.197. The minimum absolute atomic E-state index is 0.0503. The number of hydrogen-bond acceptors (Lipinski definition) is 4. The smallest absolute Gasteiger partial charge is 0.358 e. The summed E-state index contributed by atoms with van der Waals surface area (Å²) < 4.78 is 1.24. The van der Waals surface area contributed by atoms with Crippen molar-refractivity contribution < 1.29 is 9.72 Å². The molecule has 1 rings (SSSR count). The van der Waals surface area contributed by atoms with E-state index in [9.17, 15) is 14.9 Å². The Hall–Kier alpha value is -1.72. The topological polar surface area (TPSA) is 78.0 Å². The molecular formula is C6H7N3O3. The second kappa shape index (κ2) is 3.12. The third kappa shape index (κ3) is 1.47. The van der Waals surface area contributed by atoms with Gasteiger partial charge in [-0.05, 0) is 11.8 Å². The predicted molar refractivity (Wildman–Crippen MR) is 39.7 cm³/mol. The van der Waals surface area contributed by atoms with Gasteiger partial charge in [0.2, 0.25) is 0 Å². The molecule has 0 N–H and O–H groups in total. The van der Waals surface area contributed by atoms with E-state index < -0.39 is 4.92 Å². The molecular weight excluding hydrogens is 162 g/mol. The second-order valence-electron chi connectivity index (χ2n) is 2.28. The summed E-state index contributed by atoms with van der Waals surface area (Å²) in [5, 5.41) is 13.9. The van der Waals surface area contributed by atoms with Gasteiger partial charge in [0.1, 0.15) is 12.8 Å². The van der Waals surface area contributed by atoms with Crippen LogP contribution < -0.4 is 0 Å². The lowest BCUT2D eigenvalue weighted by atomic mass is 10.4. The molecule has 0 bridgehead atoms. The molecule has 0 fully saturated rings. The molecule has 0 aliphatic carbocycles. The monoisotopic (exact) mass is 169 g/mol. The van der Waals surface area contributed by atoms with E-state index in [0.717, 1.165) is 0 Å². The van der Waals surface area contributed by atoms with E-state index >= 15 is 0 Å². The summed E-state index contributed by atoms with van der Waals surface area (Å²) in [4.78, 5) is 19.7. The third-order valence-corrected chi connectivity index (χ3v) is 1.35. The fraction of sp³-hybridized carbons (Fsp3) is 0.333. The van der Waals surface area contributed by atoms with Crippen LogP contribution in [-0.2, 0) is 11.3 Å². The highest BCUT2D eigenvalue weighted by molar-refractivity contribution is 5.49. The SMILES string of the molecule is Cc1cn(CC=O)nc1[N+](=O)[O-]. The van der Waals surface area contributed by atoms with Crippen LogP contribution in [0.25, 0.3) is 0 Å². The number of carbonyl (C=O) groups is 1. The maximum atomic E-state index is 10.3. The van der Waals surface area contributed by atoms with Crippen LogP contribution in [0.3, 0.4) is 0 Å². The lowest BCUT2D eigenvalue weighted by molar-refractivity contribution is -0.390. The van der Waals surface area contributed by atoms with Gasteiger partial charge in [-0.2, -0.15) is 4.68 Å². The van der Waals surface area contributed by atoms with Crippen LogP contribution in [0.15, 0.2) is 6.20 Å². The van der Waals surface area contributed by atoms with Gasteiger partial charge in [0.15, 0.2) is 0 Å². The van der Waals surface area contributed by atoms with Crippen LogP contribution in [0, 0.1) is 17.0 Å². The zero-order valence-electron chi connectivity index (χ0n) is 6.43. The maximum absolute atomic E-state index is 10.3. The van der Waals surface area contributed by atoms with Gasteiger partial charge in [-0.1, -0.05) is 0 Å². The van der Waals surface area contributed by atoms with Crippen LogP contribution >= 0.6 is 0 Å². The van der Waals surface area contributed by atoms with Gasteiger partial charge in [-0.15, -0.1) is 0 Å². The third-order valence-electron chi connectivity index (χ3n) is 1.35. The van der Waals surface area contributed by atoms with E-state index in [2.05, 4.69) is 5.10 Å². The summed E-state index contributed by atoms with van der Waals surface area (Å²) in [6.07, 6.45) is 2.10. The lowest BCUT2D eigenvalue weighted by Crippen LogP contribution is -1.99. The molecule has 0 aromatic carbocycles. The fourth-order valence-electron chi connectivity index (χ4n) is 0.861. The molecule has 0 saturated heterocycles. The van der Waals surface area contributed by atoms with Crippen molar-refractivity contribution in [2.24, 2.45) is 0 Å². The average molecular weight is 169 g/mol. The van der Waals surface area contributed by atoms with Crippen LogP contribution in [0.5, 0.6) is 0 Å². The Morgan fingerprint density at radius 2 is 2.50 bits per heavy atom. The average Bonchev–Trinajstić information content (AvgIpc) is 2.32. The molecule has 0 aliphatic heterocycles. The van der Waals surface area contributed by atoms with Crippen molar-refractivity contribution in [3.8, 4) is 0 Å². The van der Waals surface area contributed by atoms with Gasteiger partial charge in [0.25, 0.3) is 0 Å². The minimum atomic E-state index is -0.573. The van der Waals surface area contributed by atoms with Crippen molar-refractivity contribution in [2.45, 2.75) is 13.5 Å². The number of aldehydes is 1. The standard InChI is InChI=1S/C6H7N3O3/c1-5-4-8(2-3-10)7-6(5)9(11)12/h3-4H,2H2,1H3. The molecule has 1 heterocycles. The van der Waals surface area contributed by atoms with E-state index in [1.165, 1.54) is 10.9 Å². The van der Waals surface area contributed by atoms with Crippen molar-refractivity contribution in [1.29, 1.82) is 0 Å². The molecule has 0 radical (unpaired) electrons. The maximum Gasteiger partial charge on any atom is 0.392 e. The highest BCUT2D eigenvalue weighted by Gasteiger charge is 2.15. The van der Waals surface area contributed by atoms with Crippen molar-refractivity contribution in [3.05, 3.63) is 21.9 Å². The van der Waals surface area contributed by atoms with E-state index in [1.807, 2.05) is 0 Å². The van der Waals surface area contributed by atoms with E-state index in [-0.39, 0.29) is 12.4 Å². The summed E-state index contributed by atoms with van der Waals surface area (Å²) in [6, 6.07) is 0. The van der Waals surface area contributed by atoms with Crippen LogP contribution in [0.1, 0.15) is 5.56 Å². The molecule has 1 aromatic rings. The van der Waals surface area contributed by atoms with Gasteiger partial charge >= 0.3 is 5.82 Å². The molecule has 6 nitrogen and oxygen atoms in total. The number of hydrogen-bond donors (Lipinski definition) is 0. The lowest BCUT2D eigenvalue weighted by Gasteiger charge is -1.85. The van der Waals surface area contributed by atoms with E-state index in [1.54, 1.807) is 6.92 Å². The zero-order valence-corrected chi connectivity index (χ0v) is 6.43. The molecule has 0 spiro atoms. The number of nitrogens with zero attached hydrogens (tertiary/aromatic N) is 3. The first kappa shape index (κ1) is 8.38. The molecule has 0 atom stereocenters. The highest BCUT2D eigenvalue weighted by Crippen LogP contribution is 2.12. The summed E-state index contributed by atoms with van der Waals surface area (Å²) in [5.41, 5.74) is 0.460. The van der Waals surface area contributed by atoms with Crippen LogP contribution in [0.2, 0.25) is 0 Å². The number of carbonyl (C=O) groups excluding carboxylic acids is 1. The summed E-state index contributed by atoms with van der Waals surface area (Å²) >= 11 is 0. The Bertz CT molecular complexity index is 318. The molecule has 0 amide bonds. The molecule has 1 aromatic heterocycles. The molecule has 0 unspecified atom stereocenters. The number of rotatable bonds is 3. The summed E-state index contributed by atoms with van der Waals surface area (Å²) in [7, 11) is 0. The first-order valence-electron chi connectivity index (χ1n) is 3.27. The summed E-state index contributed by atoms with van der Waals surface area (Å²) in [6.45, 7) is 1.63. The Balaban J connectivity index is 2.99. The molecule has 12 heavy (non-hydrogen) atoms. The van der Waals surface area contributed by atoms with Gasteiger partial charge in [0.05, 0.1) is 16.9 Å². The normalized spacial score (nSPS) is 9.75. The Morgan fingerprint density at radius 3 is 2.92 bits per heavy atom. The predicted octanol–water partition coefficient (Wildman–Crippen LogP) is 0.299. The van der Waals surface area contributed by atoms with Crippen LogP contribution in [0.4, 0.5) is 5.82 Å². The Kier molecular flexibility index (Phi) is 2.18. The van der Waals surface area contributed by atoms with E-state index in [0.29, 0.717) is 11.8 Å². The fourth-order valence-corrected chi connectivity index (χ4v) is 0.861. The van der Waals surface area contributed by atoms with Gasteiger partial charge < -0.3 is 14.9 Å². The molecule has 6 heteroatoms. The largest absolute Gasteiger partial charge is 0.392 e. The van der Waals surface area contributed by atoms with E-state index in [4.69, 9.17) is 0 Å². The van der Waals surface area contributed by atoms with Gasteiger partial charge in [-0.3, -0.25) is 0 Å². The zero-order chi connectivity index (χ0) is 9.14. The number of aromatic nitrogens is 2. The minimum Gasteiger partial charge on any atom is -0.358 e. The molecule has 0 aliphatic rings. The first-order valence-corrected chi connectivity index (χ1v) is 3.27.